The number of methoxy groups -OCH3 is 4. The molecule has 12 nitrogen and oxygen atoms in total. The number of hydrogen-bond donors (Lipinski definition) is 0. The summed E-state index contributed by atoms with van der Waals surface area (Å²) in [5.74, 6) is 1.09. The summed E-state index contributed by atoms with van der Waals surface area (Å²) in [4.78, 5) is 31.4. The van der Waals surface area contributed by atoms with E-state index in [4.69, 9.17) is 37.9 Å². The Hall–Kier alpha value is -4.84. The topological polar surface area (TPSA) is 114 Å². The van der Waals surface area contributed by atoms with Crippen molar-refractivity contribution in [2.75, 3.05) is 79.5 Å². The summed E-state index contributed by atoms with van der Waals surface area (Å²) in [6.07, 6.45) is -0.720. The molecule has 47 heavy (non-hydrogen) atoms. The number of benzene rings is 3. The number of anilines is 1. The SMILES string of the molecule is COc1ccc(N2CCN(CC(=O)O[C@H]3c4cc5c(cc4[C@@H](c4cc(OC)c(OC)c(OC)c4)[C@H]4C(=O)OC[C@@H]43)OCO5)CC2)cc1. The molecule has 0 radical (unpaired) electrons. The lowest BCUT2D eigenvalue weighted by molar-refractivity contribution is -0.156. The van der Waals surface area contributed by atoms with Crippen LogP contribution in [0.15, 0.2) is 48.5 Å². The minimum Gasteiger partial charge on any atom is -0.497 e. The molecule has 0 saturated carbocycles. The van der Waals surface area contributed by atoms with Gasteiger partial charge in [-0.2, -0.15) is 0 Å². The maximum Gasteiger partial charge on any atom is 0.320 e. The first-order chi connectivity index (χ1) is 22.9. The Bertz CT molecular complexity index is 1630. The second kappa shape index (κ2) is 12.7. The zero-order valence-electron chi connectivity index (χ0n) is 26.9. The third-order valence-electron chi connectivity index (χ3n) is 9.59. The fourth-order valence-electron chi connectivity index (χ4n) is 7.26. The highest BCUT2D eigenvalue weighted by Gasteiger charge is 2.54. The van der Waals surface area contributed by atoms with Crippen LogP contribution in [0.5, 0.6) is 34.5 Å². The zero-order valence-corrected chi connectivity index (χ0v) is 26.9. The maximum absolute atomic E-state index is 13.6. The maximum atomic E-state index is 13.6. The van der Waals surface area contributed by atoms with Gasteiger partial charge < -0.3 is 42.8 Å². The monoisotopic (exact) mass is 646 g/mol. The van der Waals surface area contributed by atoms with Crippen molar-refractivity contribution in [3.8, 4) is 34.5 Å². The molecule has 2 saturated heterocycles. The first-order valence-electron chi connectivity index (χ1n) is 15.6. The van der Waals surface area contributed by atoms with Crippen molar-refractivity contribution in [3.05, 3.63) is 65.2 Å². The summed E-state index contributed by atoms with van der Waals surface area (Å²) in [6.45, 7) is 3.30. The van der Waals surface area contributed by atoms with Gasteiger partial charge in [-0.25, -0.2) is 0 Å². The van der Waals surface area contributed by atoms with Gasteiger partial charge in [-0.05, 0) is 59.7 Å². The van der Waals surface area contributed by atoms with Crippen molar-refractivity contribution in [2.24, 2.45) is 11.8 Å². The summed E-state index contributed by atoms with van der Waals surface area (Å²) in [7, 11) is 6.30. The van der Waals surface area contributed by atoms with Crippen LogP contribution < -0.4 is 33.3 Å². The molecular weight excluding hydrogens is 608 g/mol. The highest BCUT2D eigenvalue weighted by molar-refractivity contribution is 5.79. The molecule has 3 aliphatic heterocycles. The normalized spacial score (nSPS) is 23.0. The summed E-state index contributed by atoms with van der Waals surface area (Å²) < 4.78 is 45.6. The van der Waals surface area contributed by atoms with E-state index in [1.165, 1.54) is 0 Å². The molecule has 0 bridgehead atoms. The highest BCUT2D eigenvalue weighted by Crippen LogP contribution is 2.56. The van der Waals surface area contributed by atoms with Gasteiger partial charge in [0.25, 0.3) is 0 Å². The first kappa shape index (κ1) is 30.8. The van der Waals surface area contributed by atoms with Gasteiger partial charge in [0.15, 0.2) is 23.0 Å². The molecule has 4 atom stereocenters. The molecule has 4 aliphatic rings. The smallest absolute Gasteiger partial charge is 0.320 e. The third-order valence-corrected chi connectivity index (χ3v) is 9.59. The quantitative estimate of drug-likeness (QED) is 0.315. The lowest BCUT2D eigenvalue weighted by Crippen LogP contribution is -2.48. The lowest BCUT2D eigenvalue weighted by Gasteiger charge is -2.39. The first-order valence-corrected chi connectivity index (χ1v) is 15.6. The van der Waals surface area contributed by atoms with Crippen molar-refractivity contribution in [3.63, 3.8) is 0 Å². The minimum absolute atomic E-state index is 0.0783. The lowest BCUT2D eigenvalue weighted by atomic mass is 9.66. The van der Waals surface area contributed by atoms with Crippen molar-refractivity contribution < 1.29 is 47.5 Å². The van der Waals surface area contributed by atoms with E-state index in [2.05, 4.69) is 9.80 Å². The van der Waals surface area contributed by atoms with Crippen LogP contribution in [0.3, 0.4) is 0 Å². The van der Waals surface area contributed by atoms with Crippen molar-refractivity contribution in [2.45, 2.75) is 12.0 Å². The molecule has 0 amide bonds. The van der Waals surface area contributed by atoms with Gasteiger partial charge in [-0.15, -0.1) is 0 Å². The van der Waals surface area contributed by atoms with E-state index in [0.717, 1.165) is 41.2 Å². The largest absolute Gasteiger partial charge is 0.497 e. The van der Waals surface area contributed by atoms with E-state index in [1.54, 1.807) is 28.4 Å². The van der Waals surface area contributed by atoms with E-state index >= 15 is 0 Å². The standard InChI is InChI=1S/C35H38N2O10/c1-40-22-7-5-21(6-8-22)37-11-9-36(10-12-37)17-30(38)47-33-24-16-27-26(45-19-46-27)15-23(24)31(32-25(33)18-44-35(32)39)20-13-28(41-2)34(43-4)29(14-20)42-3/h5-8,13-16,25,31-33H,9-12,17-19H2,1-4H3/t25-,31+,32-,33-/m0/s1. The van der Waals surface area contributed by atoms with Crippen molar-refractivity contribution >= 4 is 17.6 Å². The van der Waals surface area contributed by atoms with E-state index in [9.17, 15) is 9.59 Å². The third kappa shape index (κ3) is 5.60. The van der Waals surface area contributed by atoms with E-state index in [-0.39, 0.29) is 31.9 Å². The van der Waals surface area contributed by atoms with Crippen LogP contribution in [0.4, 0.5) is 5.69 Å². The van der Waals surface area contributed by atoms with Gasteiger partial charge >= 0.3 is 11.9 Å². The molecule has 12 heteroatoms. The van der Waals surface area contributed by atoms with Gasteiger partial charge in [0.1, 0.15) is 11.9 Å². The van der Waals surface area contributed by atoms with Crippen LogP contribution >= 0.6 is 0 Å². The van der Waals surface area contributed by atoms with Crippen LogP contribution in [0.1, 0.15) is 28.7 Å². The number of carbonyl (C=O) groups is 2. The number of esters is 2. The molecule has 7 rings (SSSR count). The Morgan fingerprint density at radius 1 is 0.809 bits per heavy atom. The molecule has 3 heterocycles. The summed E-state index contributed by atoms with van der Waals surface area (Å²) in [5.41, 5.74) is 3.43. The van der Waals surface area contributed by atoms with E-state index in [0.29, 0.717) is 41.8 Å². The molecule has 0 unspecified atom stereocenters. The minimum atomic E-state index is -0.720. The van der Waals surface area contributed by atoms with Gasteiger partial charge in [0.2, 0.25) is 12.5 Å². The highest BCUT2D eigenvalue weighted by atomic mass is 16.7. The molecule has 2 fully saturated rings. The molecule has 0 spiro atoms. The van der Waals surface area contributed by atoms with Gasteiger partial charge in [-0.1, -0.05) is 0 Å². The number of hydrogen-bond acceptors (Lipinski definition) is 12. The van der Waals surface area contributed by atoms with Gasteiger partial charge in [0.05, 0.1) is 47.5 Å². The Labute approximate surface area is 272 Å². The number of ether oxygens (including phenoxy) is 8. The summed E-state index contributed by atoms with van der Waals surface area (Å²) in [5, 5.41) is 0. The Kier molecular flexibility index (Phi) is 8.35. The summed E-state index contributed by atoms with van der Waals surface area (Å²) >= 11 is 0. The van der Waals surface area contributed by atoms with E-state index in [1.807, 2.05) is 48.5 Å². The van der Waals surface area contributed by atoms with Crippen molar-refractivity contribution in [1.29, 1.82) is 0 Å². The molecular formula is C35H38N2O10. The van der Waals surface area contributed by atoms with Crippen LogP contribution in [0.25, 0.3) is 0 Å². The van der Waals surface area contributed by atoms with Crippen LogP contribution in [0, 0.1) is 11.8 Å². The Balaban J connectivity index is 1.16. The van der Waals surface area contributed by atoms with Gasteiger partial charge in [0, 0.05) is 49.3 Å². The van der Waals surface area contributed by atoms with Crippen LogP contribution in [-0.4, -0.2) is 91.4 Å². The van der Waals surface area contributed by atoms with Crippen LogP contribution in [-0.2, 0) is 19.1 Å². The zero-order chi connectivity index (χ0) is 32.7. The average molecular weight is 647 g/mol. The fourth-order valence-corrected chi connectivity index (χ4v) is 7.26. The average Bonchev–Trinajstić information content (AvgIpc) is 3.73. The predicted octanol–water partition coefficient (Wildman–Crippen LogP) is 3.79. The number of fused-ring (bicyclic) bond motifs is 3. The molecule has 3 aromatic carbocycles. The Morgan fingerprint density at radius 2 is 1.47 bits per heavy atom. The molecule has 0 aromatic heterocycles. The summed E-state index contributed by atoms with van der Waals surface area (Å²) in [6, 6.07) is 15.4. The number of cyclic esters (lactones) is 1. The molecule has 0 N–H and O–H groups in total. The second-order valence-electron chi connectivity index (χ2n) is 12.0. The Morgan fingerprint density at radius 3 is 2.09 bits per heavy atom. The number of nitrogens with zero attached hydrogens (tertiary/aromatic N) is 2. The fraction of sp³-hybridized carbons (Fsp3) is 0.429. The van der Waals surface area contributed by atoms with Crippen molar-refractivity contribution in [1.82, 2.24) is 4.90 Å². The molecule has 1 aliphatic carbocycles. The molecule has 3 aromatic rings. The second-order valence-corrected chi connectivity index (χ2v) is 12.0. The van der Waals surface area contributed by atoms with Crippen LogP contribution in [0.2, 0.25) is 0 Å². The van der Waals surface area contributed by atoms with E-state index < -0.39 is 23.9 Å². The predicted molar refractivity (Wildman–Crippen MR) is 169 cm³/mol. The van der Waals surface area contributed by atoms with Gasteiger partial charge in [-0.3, -0.25) is 14.5 Å². The number of rotatable bonds is 9. The number of piperazine rings is 1. The number of carbonyl (C=O) groups excluding carboxylic acids is 2. The molecule has 248 valence electrons.